The van der Waals surface area contributed by atoms with E-state index >= 15 is 0 Å². The number of H-pyrrole nitrogens is 1. The van der Waals surface area contributed by atoms with E-state index in [4.69, 9.17) is 0 Å². The van der Waals surface area contributed by atoms with Crippen LogP contribution in [0.25, 0.3) is 32.9 Å². The van der Waals surface area contributed by atoms with Crippen molar-refractivity contribution in [3.05, 3.63) is 97.1 Å². The molecule has 5 rings (SSSR count). The fraction of sp³-hybridized carbons (Fsp3) is 0. The van der Waals surface area contributed by atoms with Crippen molar-refractivity contribution in [1.82, 2.24) is 4.98 Å². The molecule has 0 bridgehead atoms. The van der Waals surface area contributed by atoms with Crippen LogP contribution < -0.4 is 0 Å². The number of aromatic amines is 1. The standard InChI is InChI=1S/C24H17N3/c1-2-9-17(10-3-1)18-11-4-7-14-21(18)26-27-23-16-8-15-22-24(23)19-12-5-6-13-20(19)25-22/h1-16,25H. The van der Waals surface area contributed by atoms with Crippen molar-refractivity contribution in [3.63, 3.8) is 0 Å². The Hall–Kier alpha value is -3.72. The van der Waals surface area contributed by atoms with E-state index in [-0.39, 0.29) is 0 Å². The third-order valence-corrected chi connectivity index (χ3v) is 4.76. The Morgan fingerprint density at radius 2 is 1.19 bits per heavy atom. The number of benzene rings is 4. The predicted octanol–water partition coefficient (Wildman–Crippen LogP) is 7.40. The minimum atomic E-state index is 0.862. The molecular weight excluding hydrogens is 330 g/mol. The van der Waals surface area contributed by atoms with Crippen molar-refractivity contribution >= 4 is 33.2 Å². The molecule has 0 saturated carbocycles. The number of hydrogen-bond acceptors (Lipinski definition) is 2. The topological polar surface area (TPSA) is 40.5 Å². The van der Waals surface area contributed by atoms with Gasteiger partial charge in [0.05, 0.1) is 11.4 Å². The number of para-hydroxylation sites is 1. The van der Waals surface area contributed by atoms with Gasteiger partial charge in [0.25, 0.3) is 0 Å². The minimum Gasteiger partial charge on any atom is -0.354 e. The molecular formula is C24H17N3. The molecule has 0 aliphatic rings. The van der Waals surface area contributed by atoms with Gasteiger partial charge >= 0.3 is 0 Å². The summed E-state index contributed by atoms with van der Waals surface area (Å²) in [4.78, 5) is 3.45. The maximum Gasteiger partial charge on any atom is 0.0957 e. The average molecular weight is 347 g/mol. The monoisotopic (exact) mass is 347 g/mol. The zero-order valence-corrected chi connectivity index (χ0v) is 14.6. The molecule has 4 aromatic carbocycles. The first-order valence-corrected chi connectivity index (χ1v) is 8.96. The van der Waals surface area contributed by atoms with E-state index in [1.165, 1.54) is 5.39 Å². The SMILES string of the molecule is c1ccc(-c2ccccc2N=Nc2cccc3[nH]c4ccccc4c23)cc1. The predicted molar refractivity (Wildman–Crippen MR) is 112 cm³/mol. The molecule has 0 spiro atoms. The Bertz CT molecular complexity index is 1270. The maximum absolute atomic E-state index is 4.62. The molecule has 27 heavy (non-hydrogen) atoms. The van der Waals surface area contributed by atoms with Gasteiger partial charge in [-0.1, -0.05) is 72.8 Å². The molecule has 0 fully saturated rings. The number of hydrogen-bond donors (Lipinski definition) is 1. The summed E-state index contributed by atoms with van der Waals surface area (Å²) < 4.78 is 0. The Balaban J connectivity index is 1.64. The number of azo groups is 1. The van der Waals surface area contributed by atoms with Gasteiger partial charge in [0.15, 0.2) is 0 Å². The van der Waals surface area contributed by atoms with Crippen molar-refractivity contribution in [2.75, 3.05) is 0 Å². The second-order valence-electron chi connectivity index (χ2n) is 6.45. The number of nitrogens with zero attached hydrogens (tertiary/aromatic N) is 2. The molecule has 3 heteroatoms. The van der Waals surface area contributed by atoms with Crippen molar-refractivity contribution in [1.29, 1.82) is 0 Å². The summed E-state index contributed by atoms with van der Waals surface area (Å²) in [5.41, 5.74) is 6.13. The van der Waals surface area contributed by atoms with Crippen LogP contribution in [0, 0.1) is 0 Å². The van der Waals surface area contributed by atoms with Gasteiger partial charge in [0.1, 0.15) is 0 Å². The zero-order chi connectivity index (χ0) is 18.1. The lowest BCUT2D eigenvalue weighted by Gasteiger charge is -2.04. The average Bonchev–Trinajstić information content (AvgIpc) is 3.12. The van der Waals surface area contributed by atoms with E-state index in [2.05, 4.69) is 51.6 Å². The highest BCUT2D eigenvalue weighted by Crippen LogP contribution is 2.35. The van der Waals surface area contributed by atoms with E-state index in [1.807, 2.05) is 60.7 Å². The Morgan fingerprint density at radius 1 is 0.519 bits per heavy atom. The first-order valence-electron chi connectivity index (χ1n) is 8.96. The van der Waals surface area contributed by atoms with Gasteiger partial charge in [-0.15, -0.1) is 10.2 Å². The van der Waals surface area contributed by atoms with Crippen molar-refractivity contribution < 1.29 is 0 Å². The number of nitrogens with one attached hydrogen (secondary N) is 1. The summed E-state index contributed by atoms with van der Waals surface area (Å²) in [5, 5.41) is 11.5. The molecule has 1 aromatic heterocycles. The summed E-state index contributed by atoms with van der Waals surface area (Å²) in [5.74, 6) is 0. The largest absolute Gasteiger partial charge is 0.354 e. The van der Waals surface area contributed by atoms with Gasteiger partial charge in [-0.2, -0.15) is 0 Å². The van der Waals surface area contributed by atoms with Crippen molar-refractivity contribution in [2.45, 2.75) is 0 Å². The summed E-state index contributed by atoms with van der Waals surface area (Å²) in [7, 11) is 0. The molecule has 128 valence electrons. The smallest absolute Gasteiger partial charge is 0.0957 e. The highest BCUT2D eigenvalue weighted by Gasteiger charge is 2.08. The quantitative estimate of drug-likeness (QED) is 0.330. The molecule has 0 aliphatic carbocycles. The van der Waals surface area contributed by atoms with Crippen LogP contribution in [0.3, 0.4) is 0 Å². The second-order valence-corrected chi connectivity index (χ2v) is 6.45. The summed E-state index contributed by atoms with van der Waals surface area (Å²) in [6, 6.07) is 32.8. The van der Waals surface area contributed by atoms with Crippen LogP contribution in [0.1, 0.15) is 0 Å². The highest BCUT2D eigenvalue weighted by molar-refractivity contribution is 6.12. The number of rotatable bonds is 3. The van der Waals surface area contributed by atoms with Crippen LogP contribution >= 0.6 is 0 Å². The first-order chi connectivity index (χ1) is 13.4. The maximum atomic E-state index is 4.62. The lowest BCUT2D eigenvalue weighted by atomic mass is 10.0. The van der Waals surface area contributed by atoms with Crippen LogP contribution in [0.2, 0.25) is 0 Å². The van der Waals surface area contributed by atoms with Crippen LogP contribution in [0.5, 0.6) is 0 Å². The van der Waals surface area contributed by atoms with Crippen LogP contribution in [-0.4, -0.2) is 4.98 Å². The Morgan fingerprint density at radius 3 is 2.11 bits per heavy atom. The third-order valence-electron chi connectivity index (χ3n) is 4.76. The van der Waals surface area contributed by atoms with E-state index in [9.17, 15) is 0 Å². The minimum absolute atomic E-state index is 0.862. The van der Waals surface area contributed by atoms with E-state index in [0.29, 0.717) is 0 Å². The van der Waals surface area contributed by atoms with Crippen LogP contribution in [0.4, 0.5) is 11.4 Å². The normalized spacial score (nSPS) is 11.6. The molecule has 0 atom stereocenters. The van der Waals surface area contributed by atoms with Crippen molar-refractivity contribution in [3.8, 4) is 11.1 Å². The van der Waals surface area contributed by atoms with E-state index < -0.39 is 0 Å². The molecule has 3 nitrogen and oxygen atoms in total. The Kier molecular flexibility index (Phi) is 3.76. The molecule has 1 heterocycles. The molecule has 0 radical (unpaired) electrons. The van der Waals surface area contributed by atoms with Gasteiger partial charge < -0.3 is 4.98 Å². The summed E-state index contributed by atoms with van der Waals surface area (Å²) in [6.07, 6.45) is 0. The number of fused-ring (bicyclic) bond motifs is 3. The van der Waals surface area contributed by atoms with E-state index in [0.717, 1.165) is 38.9 Å². The third kappa shape index (κ3) is 2.79. The fourth-order valence-corrected chi connectivity index (χ4v) is 3.50. The molecule has 0 amide bonds. The lowest BCUT2D eigenvalue weighted by Crippen LogP contribution is -1.77. The fourth-order valence-electron chi connectivity index (χ4n) is 3.50. The molecule has 0 aliphatic heterocycles. The van der Waals surface area contributed by atoms with Gasteiger partial charge in [-0.05, 0) is 29.8 Å². The van der Waals surface area contributed by atoms with E-state index in [1.54, 1.807) is 0 Å². The summed E-state index contributed by atoms with van der Waals surface area (Å²) in [6.45, 7) is 0. The molecule has 0 unspecified atom stereocenters. The van der Waals surface area contributed by atoms with Crippen molar-refractivity contribution in [2.24, 2.45) is 10.2 Å². The zero-order valence-electron chi connectivity index (χ0n) is 14.6. The lowest BCUT2D eigenvalue weighted by molar-refractivity contribution is 1.24. The van der Waals surface area contributed by atoms with Gasteiger partial charge in [-0.25, -0.2) is 0 Å². The Labute approximate surface area is 157 Å². The highest BCUT2D eigenvalue weighted by atomic mass is 15.1. The van der Waals surface area contributed by atoms with Gasteiger partial charge in [0.2, 0.25) is 0 Å². The molecule has 5 aromatic rings. The second kappa shape index (κ2) is 6.54. The van der Waals surface area contributed by atoms with Gasteiger partial charge in [-0.3, -0.25) is 0 Å². The summed E-state index contributed by atoms with van der Waals surface area (Å²) >= 11 is 0. The van der Waals surface area contributed by atoms with Crippen LogP contribution in [0.15, 0.2) is 107 Å². The molecule has 0 saturated heterocycles. The van der Waals surface area contributed by atoms with Gasteiger partial charge in [0, 0.05) is 27.4 Å². The molecule has 1 N–H and O–H groups in total. The first kappa shape index (κ1) is 15.5. The number of aromatic nitrogens is 1. The van der Waals surface area contributed by atoms with Crippen LogP contribution in [-0.2, 0) is 0 Å².